The van der Waals surface area contributed by atoms with Crippen molar-refractivity contribution in [3.63, 3.8) is 0 Å². The molecule has 0 spiro atoms. The van der Waals surface area contributed by atoms with E-state index in [-0.39, 0.29) is 17.7 Å². The molecule has 114 valence electrons. The quantitative estimate of drug-likeness (QED) is 0.376. The van der Waals surface area contributed by atoms with E-state index in [1.165, 1.54) is 5.56 Å². The first kappa shape index (κ1) is 15.4. The highest BCUT2D eigenvalue weighted by atomic mass is 16.4. The monoisotopic (exact) mass is 289 g/mol. The van der Waals surface area contributed by atoms with Gasteiger partial charge in [-0.25, -0.2) is 0 Å². The van der Waals surface area contributed by atoms with E-state index in [4.69, 9.17) is 10.9 Å². The Balaban J connectivity index is 1.70. The highest BCUT2D eigenvalue weighted by molar-refractivity contribution is 5.83. The molecule has 0 radical (unpaired) electrons. The maximum Gasteiger partial charge on any atom is 0.222 e. The normalized spacial score (nSPS) is 17.0. The largest absolute Gasteiger partial charge is 0.409 e. The van der Waals surface area contributed by atoms with E-state index in [0.717, 1.165) is 25.7 Å². The molecular weight excluding hydrogens is 266 g/mol. The van der Waals surface area contributed by atoms with Crippen LogP contribution in [0.4, 0.5) is 0 Å². The average Bonchev–Trinajstić information content (AvgIpc) is 2.55. The highest BCUT2D eigenvalue weighted by Gasteiger charge is 2.24. The van der Waals surface area contributed by atoms with Crippen molar-refractivity contribution in [2.24, 2.45) is 16.8 Å². The molecule has 0 unspecified atom stereocenters. The first-order chi connectivity index (χ1) is 10.2. The lowest BCUT2D eigenvalue weighted by atomic mass is 9.95. The Morgan fingerprint density at radius 2 is 1.95 bits per heavy atom. The molecule has 1 fully saturated rings. The summed E-state index contributed by atoms with van der Waals surface area (Å²) in [4.78, 5) is 14.0. The molecule has 1 amide bonds. The number of likely N-dealkylation sites (tertiary alicyclic amines) is 1. The van der Waals surface area contributed by atoms with Gasteiger partial charge >= 0.3 is 0 Å². The second kappa shape index (κ2) is 7.67. The van der Waals surface area contributed by atoms with Crippen LogP contribution in [0.1, 0.15) is 31.2 Å². The van der Waals surface area contributed by atoms with Crippen molar-refractivity contribution in [1.82, 2.24) is 4.90 Å². The second-order valence-corrected chi connectivity index (χ2v) is 5.52. The molecule has 5 heteroatoms. The molecule has 1 aromatic rings. The molecule has 1 saturated heterocycles. The van der Waals surface area contributed by atoms with Gasteiger partial charge in [-0.15, -0.1) is 0 Å². The second-order valence-electron chi connectivity index (χ2n) is 5.52. The number of oxime groups is 1. The summed E-state index contributed by atoms with van der Waals surface area (Å²) in [7, 11) is 0. The molecule has 1 heterocycles. The van der Waals surface area contributed by atoms with Crippen LogP contribution in [0.2, 0.25) is 0 Å². The number of benzene rings is 1. The van der Waals surface area contributed by atoms with Gasteiger partial charge < -0.3 is 15.8 Å². The number of nitrogens with two attached hydrogens (primary N) is 1. The van der Waals surface area contributed by atoms with Crippen LogP contribution in [0.3, 0.4) is 0 Å². The van der Waals surface area contributed by atoms with E-state index in [0.29, 0.717) is 19.5 Å². The zero-order valence-electron chi connectivity index (χ0n) is 12.2. The van der Waals surface area contributed by atoms with Crippen molar-refractivity contribution in [3.8, 4) is 0 Å². The number of amides is 1. The Morgan fingerprint density at radius 1 is 1.29 bits per heavy atom. The Labute approximate surface area is 125 Å². The molecule has 0 bridgehead atoms. The molecule has 1 aliphatic heterocycles. The van der Waals surface area contributed by atoms with Crippen LogP contribution in [0, 0.1) is 5.92 Å². The predicted octanol–water partition coefficient (Wildman–Crippen LogP) is 1.99. The number of hydrogen-bond donors (Lipinski definition) is 2. The molecular formula is C16H23N3O2. The minimum Gasteiger partial charge on any atom is -0.409 e. The van der Waals surface area contributed by atoms with E-state index >= 15 is 0 Å². The number of carbonyl (C=O) groups is 1. The first-order valence-electron chi connectivity index (χ1n) is 7.50. The van der Waals surface area contributed by atoms with Crippen molar-refractivity contribution in [3.05, 3.63) is 35.9 Å². The number of nitrogens with zero attached hydrogens (tertiary/aromatic N) is 2. The van der Waals surface area contributed by atoms with Crippen LogP contribution in [0.15, 0.2) is 35.5 Å². The minimum atomic E-state index is 0.100. The van der Waals surface area contributed by atoms with Gasteiger partial charge in [0.05, 0.1) is 0 Å². The van der Waals surface area contributed by atoms with Gasteiger partial charge in [0.2, 0.25) is 5.91 Å². The van der Waals surface area contributed by atoms with E-state index in [2.05, 4.69) is 17.3 Å². The molecule has 5 nitrogen and oxygen atoms in total. The van der Waals surface area contributed by atoms with Gasteiger partial charge in [-0.05, 0) is 31.2 Å². The van der Waals surface area contributed by atoms with Crippen LogP contribution in [0.25, 0.3) is 0 Å². The summed E-state index contributed by atoms with van der Waals surface area (Å²) in [5.41, 5.74) is 6.88. The Kier molecular flexibility index (Phi) is 5.60. The molecule has 21 heavy (non-hydrogen) atoms. The van der Waals surface area contributed by atoms with Crippen molar-refractivity contribution < 1.29 is 10.0 Å². The summed E-state index contributed by atoms with van der Waals surface area (Å²) in [6, 6.07) is 10.2. The molecule has 2 rings (SSSR count). The number of amidine groups is 1. The molecule has 1 aliphatic rings. The zero-order chi connectivity index (χ0) is 15.1. The zero-order valence-corrected chi connectivity index (χ0v) is 12.2. The predicted molar refractivity (Wildman–Crippen MR) is 82.1 cm³/mol. The number of hydrogen-bond acceptors (Lipinski definition) is 3. The molecule has 0 aliphatic carbocycles. The van der Waals surface area contributed by atoms with Crippen molar-refractivity contribution >= 4 is 11.7 Å². The third-order valence-electron chi connectivity index (χ3n) is 4.08. The fraction of sp³-hybridized carbons (Fsp3) is 0.500. The summed E-state index contributed by atoms with van der Waals surface area (Å²) in [5.74, 6) is 0.596. The van der Waals surface area contributed by atoms with Crippen LogP contribution < -0.4 is 5.73 Å². The summed E-state index contributed by atoms with van der Waals surface area (Å²) in [5, 5.41) is 11.7. The number of piperidine rings is 1. The fourth-order valence-corrected chi connectivity index (χ4v) is 2.75. The topological polar surface area (TPSA) is 78.9 Å². The van der Waals surface area contributed by atoms with Crippen LogP contribution in [-0.2, 0) is 11.2 Å². The average molecular weight is 289 g/mol. The van der Waals surface area contributed by atoms with Crippen LogP contribution in [-0.4, -0.2) is 34.9 Å². The number of carbonyl (C=O) groups excluding carboxylic acids is 1. The van der Waals surface area contributed by atoms with Gasteiger partial charge in [0, 0.05) is 25.4 Å². The lowest BCUT2D eigenvalue weighted by Gasteiger charge is -2.31. The Bertz CT molecular complexity index is 480. The number of rotatable bonds is 5. The minimum absolute atomic E-state index is 0.100. The fourth-order valence-electron chi connectivity index (χ4n) is 2.75. The van der Waals surface area contributed by atoms with Gasteiger partial charge in [-0.2, -0.15) is 0 Å². The smallest absolute Gasteiger partial charge is 0.222 e. The standard InChI is InChI=1S/C16H23N3O2/c17-16(18-21)14-9-11-19(12-10-14)15(20)8-4-7-13-5-2-1-3-6-13/h1-3,5-6,14,21H,4,7-12H2,(H2,17,18). The van der Waals surface area contributed by atoms with Gasteiger partial charge in [0.15, 0.2) is 0 Å². The Hall–Kier alpha value is -2.04. The van der Waals surface area contributed by atoms with Crippen molar-refractivity contribution in [2.45, 2.75) is 32.1 Å². The summed E-state index contributed by atoms with van der Waals surface area (Å²) in [6.45, 7) is 1.40. The molecule has 3 N–H and O–H groups in total. The van der Waals surface area contributed by atoms with Crippen LogP contribution >= 0.6 is 0 Å². The lowest BCUT2D eigenvalue weighted by Crippen LogP contribution is -2.41. The van der Waals surface area contributed by atoms with E-state index in [1.54, 1.807) is 0 Å². The summed E-state index contributed by atoms with van der Waals surface area (Å²) >= 11 is 0. The summed E-state index contributed by atoms with van der Waals surface area (Å²) < 4.78 is 0. The van der Waals surface area contributed by atoms with Crippen molar-refractivity contribution in [2.75, 3.05) is 13.1 Å². The third-order valence-corrected chi connectivity index (χ3v) is 4.08. The van der Waals surface area contributed by atoms with Gasteiger partial charge in [0.1, 0.15) is 5.84 Å². The maximum absolute atomic E-state index is 12.1. The molecule has 0 saturated carbocycles. The first-order valence-corrected chi connectivity index (χ1v) is 7.50. The van der Waals surface area contributed by atoms with Gasteiger partial charge in [0.25, 0.3) is 0 Å². The molecule has 0 aromatic heterocycles. The van der Waals surface area contributed by atoms with E-state index in [9.17, 15) is 4.79 Å². The summed E-state index contributed by atoms with van der Waals surface area (Å²) in [6.07, 6.45) is 3.96. The Morgan fingerprint density at radius 3 is 2.57 bits per heavy atom. The lowest BCUT2D eigenvalue weighted by molar-refractivity contribution is -0.132. The third kappa shape index (κ3) is 4.48. The number of aryl methyl sites for hydroxylation is 1. The van der Waals surface area contributed by atoms with Crippen LogP contribution in [0.5, 0.6) is 0 Å². The van der Waals surface area contributed by atoms with E-state index in [1.807, 2.05) is 23.1 Å². The van der Waals surface area contributed by atoms with E-state index < -0.39 is 0 Å². The van der Waals surface area contributed by atoms with Gasteiger partial charge in [-0.1, -0.05) is 35.5 Å². The maximum atomic E-state index is 12.1. The van der Waals surface area contributed by atoms with Gasteiger partial charge in [-0.3, -0.25) is 4.79 Å². The molecule has 0 atom stereocenters. The van der Waals surface area contributed by atoms with Crippen molar-refractivity contribution in [1.29, 1.82) is 0 Å². The highest BCUT2D eigenvalue weighted by Crippen LogP contribution is 2.18. The SMILES string of the molecule is NC(=NO)C1CCN(C(=O)CCCc2ccccc2)CC1. The molecule has 1 aromatic carbocycles.